The molecule has 2 aromatic rings. The van der Waals surface area contributed by atoms with Crippen LogP contribution < -0.4 is 0 Å². The maximum absolute atomic E-state index is 13.1. The van der Waals surface area contributed by atoms with E-state index in [-0.39, 0.29) is 11.9 Å². The van der Waals surface area contributed by atoms with Gasteiger partial charge in [-0.1, -0.05) is 12.1 Å². The van der Waals surface area contributed by atoms with Gasteiger partial charge >= 0.3 is 0 Å². The summed E-state index contributed by atoms with van der Waals surface area (Å²) in [7, 11) is 0. The number of hydrogen-bond acceptors (Lipinski definition) is 1. The van der Waals surface area contributed by atoms with Gasteiger partial charge in [-0.3, -0.25) is 4.79 Å². The van der Waals surface area contributed by atoms with Gasteiger partial charge in [-0.2, -0.15) is 0 Å². The van der Waals surface area contributed by atoms with Crippen molar-refractivity contribution in [3.63, 3.8) is 0 Å². The number of rotatable bonds is 3. The van der Waals surface area contributed by atoms with Gasteiger partial charge in [-0.05, 0) is 36.8 Å². The number of halogens is 1. The summed E-state index contributed by atoms with van der Waals surface area (Å²) in [5, 5.41) is 0. The Morgan fingerprint density at radius 3 is 2.81 bits per heavy atom. The van der Waals surface area contributed by atoms with Gasteiger partial charge in [0.25, 0.3) is 0 Å². The van der Waals surface area contributed by atoms with E-state index in [1.807, 2.05) is 23.8 Å². The molecule has 0 radical (unpaired) electrons. The lowest BCUT2D eigenvalue weighted by Gasteiger charge is -2.15. The predicted octanol–water partition coefficient (Wildman–Crippen LogP) is 3.05. The average molecular weight is 217 g/mol. The quantitative estimate of drug-likeness (QED) is 0.724. The van der Waals surface area contributed by atoms with Crippen LogP contribution in [0, 0.1) is 5.82 Å². The fraction of sp³-hybridized carbons (Fsp3) is 0.154. The molecule has 2 nitrogen and oxygen atoms in total. The molecule has 0 saturated carbocycles. The fourth-order valence-electron chi connectivity index (χ4n) is 1.79. The molecule has 0 bridgehead atoms. The predicted molar refractivity (Wildman–Crippen MR) is 60.0 cm³/mol. The zero-order valence-electron chi connectivity index (χ0n) is 8.93. The summed E-state index contributed by atoms with van der Waals surface area (Å²) in [4.78, 5) is 10.8. The van der Waals surface area contributed by atoms with Gasteiger partial charge in [0, 0.05) is 6.20 Å². The number of benzene rings is 1. The molecule has 0 amide bonds. The number of hydrogen-bond donors (Lipinski definition) is 0. The Hall–Kier alpha value is -1.90. The van der Waals surface area contributed by atoms with Crippen molar-refractivity contribution in [3.05, 3.63) is 59.7 Å². The Balaban J connectivity index is 2.38. The van der Waals surface area contributed by atoms with Crippen LogP contribution in [0.15, 0.2) is 42.6 Å². The lowest BCUT2D eigenvalue weighted by atomic mass is 10.1. The molecule has 0 saturated heterocycles. The molecule has 0 fully saturated rings. The topological polar surface area (TPSA) is 22.0 Å². The molecule has 2 rings (SSSR count). The fourth-order valence-corrected chi connectivity index (χ4v) is 1.79. The molecule has 1 aromatic heterocycles. The molecule has 82 valence electrons. The van der Waals surface area contributed by atoms with Gasteiger partial charge in [-0.25, -0.2) is 4.39 Å². The van der Waals surface area contributed by atoms with Crippen molar-refractivity contribution in [3.8, 4) is 0 Å². The number of nitrogens with zero attached hydrogens (tertiary/aromatic N) is 1. The first kappa shape index (κ1) is 10.6. The van der Waals surface area contributed by atoms with Crippen LogP contribution in [0.25, 0.3) is 0 Å². The molecule has 0 unspecified atom stereocenters. The molecule has 16 heavy (non-hydrogen) atoms. The van der Waals surface area contributed by atoms with Crippen LogP contribution in [0.3, 0.4) is 0 Å². The molecular formula is C13H12FNO. The number of aldehydes is 1. The summed E-state index contributed by atoms with van der Waals surface area (Å²) >= 11 is 0. The second kappa shape index (κ2) is 4.31. The van der Waals surface area contributed by atoms with E-state index in [2.05, 4.69) is 0 Å². The highest BCUT2D eigenvalue weighted by Gasteiger charge is 2.10. The number of aromatic nitrogens is 1. The first-order valence-corrected chi connectivity index (χ1v) is 5.10. The molecule has 0 N–H and O–H groups in total. The summed E-state index contributed by atoms with van der Waals surface area (Å²) in [5.41, 5.74) is 1.44. The summed E-state index contributed by atoms with van der Waals surface area (Å²) in [6.45, 7) is 1.93. The van der Waals surface area contributed by atoms with Gasteiger partial charge in [-0.15, -0.1) is 0 Å². The Morgan fingerprint density at radius 1 is 1.31 bits per heavy atom. The largest absolute Gasteiger partial charge is 0.338 e. The minimum Gasteiger partial charge on any atom is -0.338 e. The molecule has 0 aliphatic carbocycles. The van der Waals surface area contributed by atoms with E-state index < -0.39 is 0 Å². The second-order valence-electron chi connectivity index (χ2n) is 3.69. The molecule has 0 aliphatic rings. The SMILES string of the molecule is C[C@@H](c1cccc(F)c1)n1cccc1C=O. The van der Waals surface area contributed by atoms with Crippen LogP contribution in [-0.2, 0) is 0 Å². The molecule has 0 aliphatic heterocycles. The lowest BCUT2D eigenvalue weighted by Crippen LogP contribution is -2.08. The van der Waals surface area contributed by atoms with Crippen LogP contribution in [0.5, 0.6) is 0 Å². The minimum atomic E-state index is -0.260. The zero-order chi connectivity index (χ0) is 11.5. The van der Waals surface area contributed by atoms with Crippen LogP contribution in [0.2, 0.25) is 0 Å². The average Bonchev–Trinajstić information content (AvgIpc) is 2.76. The van der Waals surface area contributed by atoms with Crippen molar-refractivity contribution in [2.75, 3.05) is 0 Å². The normalized spacial score (nSPS) is 12.4. The van der Waals surface area contributed by atoms with E-state index in [0.717, 1.165) is 11.8 Å². The highest BCUT2D eigenvalue weighted by molar-refractivity contribution is 5.72. The standard InChI is InChI=1S/C13H12FNO/c1-10(11-4-2-5-12(14)8-11)15-7-3-6-13(15)9-16/h2-10H,1H3/t10-/m0/s1. The Kier molecular flexibility index (Phi) is 2.86. The molecule has 1 heterocycles. The van der Waals surface area contributed by atoms with Crippen LogP contribution in [-0.4, -0.2) is 10.9 Å². The van der Waals surface area contributed by atoms with Crippen molar-refractivity contribution >= 4 is 6.29 Å². The Morgan fingerprint density at radius 2 is 2.12 bits per heavy atom. The van der Waals surface area contributed by atoms with Crippen molar-refractivity contribution in [1.29, 1.82) is 0 Å². The number of carbonyl (C=O) groups is 1. The number of carbonyl (C=O) groups excluding carboxylic acids is 1. The van der Waals surface area contributed by atoms with Crippen LogP contribution >= 0.6 is 0 Å². The molecule has 0 spiro atoms. The lowest BCUT2D eigenvalue weighted by molar-refractivity contribution is 0.111. The zero-order valence-corrected chi connectivity index (χ0v) is 8.93. The van der Waals surface area contributed by atoms with Gasteiger partial charge in [0.05, 0.1) is 11.7 Å². The van der Waals surface area contributed by atoms with Crippen LogP contribution in [0.1, 0.15) is 29.0 Å². The van der Waals surface area contributed by atoms with Gasteiger partial charge < -0.3 is 4.57 Å². The van der Waals surface area contributed by atoms with Crippen molar-refractivity contribution in [2.45, 2.75) is 13.0 Å². The van der Waals surface area contributed by atoms with Crippen LogP contribution in [0.4, 0.5) is 4.39 Å². The van der Waals surface area contributed by atoms with E-state index in [1.54, 1.807) is 18.2 Å². The first-order valence-electron chi connectivity index (χ1n) is 5.10. The highest BCUT2D eigenvalue weighted by Crippen LogP contribution is 2.20. The Bertz CT molecular complexity index is 504. The van der Waals surface area contributed by atoms with Crippen molar-refractivity contribution in [2.24, 2.45) is 0 Å². The van der Waals surface area contributed by atoms with Crippen molar-refractivity contribution in [1.82, 2.24) is 4.57 Å². The summed E-state index contributed by atoms with van der Waals surface area (Å²) < 4.78 is 14.9. The van der Waals surface area contributed by atoms with E-state index in [0.29, 0.717) is 5.69 Å². The Labute approximate surface area is 93.3 Å². The smallest absolute Gasteiger partial charge is 0.166 e. The molecule has 3 heteroatoms. The first-order chi connectivity index (χ1) is 7.72. The second-order valence-corrected chi connectivity index (χ2v) is 3.69. The van der Waals surface area contributed by atoms with E-state index in [9.17, 15) is 9.18 Å². The monoisotopic (exact) mass is 217 g/mol. The van der Waals surface area contributed by atoms with E-state index >= 15 is 0 Å². The van der Waals surface area contributed by atoms with Crippen molar-refractivity contribution < 1.29 is 9.18 Å². The van der Waals surface area contributed by atoms with Gasteiger partial charge in [0.15, 0.2) is 6.29 Å². The van der Waals surface area contributed by atoms with E-state index in [4.69, 9.17) is 0 Å². The minimum absolute atomic E-state index is 0.0501. The maximum Gasteiger partial charge on any atom is 0.166 e. The van der Waals surface area contributed by atoms with E-state index in [1.165, 1.54) is 12.1 Å². The summed E-state index contributed by atoms with van der Waals surface area (Å²) in [5.74, 6) is -0.260. The third-order valence-electron chi connectivity index (χ3n) is 2.68. The molecule has 1 aromatic carbocycles. The summed E-state index contributed by atoms with van der Waals surface area (Å²) in [6, 6.07) is 9.91. The van der Waals surface area contributed by atoms with Gasteiger partial charge in [0.2, 0.25) is 0 Å². The summed E-state index contributed by atoms with van der Waals surface area (Å²) in [6.07, 6.45) is 2.62. The molecular weight excluding hydrogens is 205 g/mol. The van der Waals surface area contributed by atoms with Gasteiger partial charge in [0.1, 0.15) is 5.82 Å². The maximum atomic E-state index is 13.1. The highest BCUT2D eigenvalue weighted by atomic mass is 19.1. The molecule has 1 atom stereocenters. The third-order valence-corrected chi connectivity index (χ3v) is 2.68. The third kappa shape index (κ3) is 1.89.